The zero-order valence-electron chi connectivity index (χ0n) is 5.80. The van der Waals surface area contributed by atoms with E-state index >= 15 is 0 Å². The summed E-state index contributed by atoms with van der Waals surface area (Å²) in [6.07, 6.45) is 0. The Bertz CT molecular complexity index is 298. The molecule has 0 aromatic heterocycles. The number of benzene rings is 1. The molecule has 0 aliphatic heterocycles. The Hall–Kier alpha value is -0.900. The number of nitro benzene ring substituents is 1. The van der Waals surface area contributed by atoms with Crippen LogP contribution < -0.4 is 0 Å². The van der Waals surface area contributed by atoms with Gasteiger partial charge < -0.3 is 0 Å². The van der Waals surface area contributed by atoms with Crippen molar-refractivity contribution in [3.63, 3.8) is 0 Å². The molecule has 1 radical (unpaired) electrons. The largest absolute Gasteiger partial charge is 0.273 e. The van der Waals surface area contributed by atoms with Crippen LogP contribution in [0.5, 0.6) is 0 Å². The summed E-state index contributed by atoms with van der Waals surface area (Å²) in [5.41, 5.74) is 0.744. The Balaban J connectivity index is 3.23. The maximum absolute atomic E-state index is 10.3. The van der Waals surface area contributed by atoms with E-state index in [2.05, 4.69) is 22.0 Å². The fourth-order valence-corrected chi connectivity index (χ4v) is 1.05. The molecule has 1 aromatic rings. The second-order valence-electron chi connectivity index (χ2n) is 2.11. The van der Waals surface area contributed by atoms with Gasteiger partial charge in [-0.3, -0.25) is 10.1 Å². The summed E-state index contributed by atoms with van der Waals surface area (Å²) < 4.78 is 0.606. The minimum atomic E-state index is -0.409. The molecule has 0 heterocycles. The molecule has 0 fully saturated rings. The van der Waals surface area contributed by atoms with Crippen LogP contribution in [-0.2, 0) is 0 Å². The van der Waals surface area contributed by atoms with Crippen LogP contribution in [-0.4, -0.2) is 4.92 Å². The average Bonchev–Trinajstić information content (AvgIpc) is 1.94. The van der Waals surface area contributed by atoms with Crippen molar-refractivity contribution < 1.29 is 4.92 Å². The van der Waals surface area contributed by atoms with Gasteiger partial charge in [0.2, 0.25) is 0 Å². The van der Waals surface area contributed by atoms with Crippen LogP contribution in [0.25, 0.3) is 0 Å². The van der Waals surface area contributed by atoms with Crippen molar-refractivity contribution in [3.8, 4) is 0 Å². The highest BCUT2D eigenvalue weighted by molar-refractivity contribution is 9.10. The summed E-state index contributed by atoms with van der Waals surface area (Å²) >= 11 is 3.10. The number of nitro groups is 1. The topological polar surface area (TPSA) is 43.1 Å². The molecular weight excluding hydrogens is 210 g/mol. The van der Waals surface area contributed by atoms with Gasteiger partial charge in [0, 0.05) is 16.1 Å². The first-order chi connectivity index (χ1) is 5.11. The van der Waals surface area contributed by atoms with E-state index in [4.69, 9.17) is 0 Å². The van der Waals surface area contributed by atoms with Crippen LogP contribution in [0.4, 0.5) is 5.69 Å². The SMILES string of the molecule is Cc1c[c]c(Br)cc1[N+](=O)[O-]. The predicted molar refractivity (Wildman–Crippen MR) is 44.4 cm³/mol. The molecule has 3 nitrogen and oxygen atoms in total. The Morgan fingerprint density at radius 3 is 2.82 bits per heavy atom. The molecule has 0 aliphatic rings. The van der Waals surface area contributed by atoms with Gasteiger partial charge in [0.05, 0.1) is 4.92 Å². The second-order valence-corrected chi connectivity index (χ2v) is 2.96. The molecule has 0 spiro atoms. The number of hydrogen-bond acceptors (Lipinski definition) is 2. The highest BCUT2D eigenvalue weighted by atomic mass is 79.9. The van der Waals surface area contributed by atoms with E-state index in [9.17, 15) is 10.1 Å². The summed E-state index contributed by atoms with van der Waals surface area (Å²) in [4.78, 5) is 9.94. The summed E-state index contributed by atoms with van der Waals surface area (Å²) in [6, 6.07) is 5.83. The van der Waals surface area contributed by atoms with E-state index in [1.807, 2.05) is 0 Å². The van der Waals surface area contributed by atoms with E-state index in [0.29, 0.717) is 10.0 Å². The van der Waals surface area contributed by atoms with Crippen LogP contribution in [0.15, 0.2) is 16.6 Å². The molecule has 11 heavy (non-hydrogen) atoms. The van der Waals surface area contributed by atoms with Gasteiger partial charge in [-0.2, -0.15) is 0 Å². The van der Waals surface area contributed by atoms with Gasteiger partial charge in [0.1, 0.15) is 0 Å². The van der Waals surface area contributed by atoms with Gasteiger partial charge in [-0.1, -0.05) is 0 Å². The molecule has 0 atom stereocenters. The number of rotatable bonds is 1. The minimum Gasteiger partial charge on any atom is -0.258 e. The van der Waals surface area contributed by atoms with E-state index in [1.165, 1.54) is 6.07 Å². The molecule has 57 valence electrons. The number of halogens is 1. The second kappa shape index (κ2) is 3.00. The van der Waals surface area contributed by atoms with Crippen molar-refractivity contribution in [1.29, 1.82) is 0 Å². The Morgan fingerprint density at radius 2 is 2.36 bits per heavy atom. The Labute approximate surface area is 72.3 Å². The van der Waals surface area contributed by atoms with Gasteiger partial charge in [-0.25, -0.2) is 0 Å². The molecule has 0 aliphatic carbocycles. The van der Waals surface area contributed by atoms with Gasteiger partial charge in [0.25, 0.3) is 5.69 Å². The number of hydrogen-bond donors (Lipinski definition) is 0. The Kier molecular flexibility index (Phi) is 2.24. The monoisotopic (exact) mass is 214 g/mol. The van der Waals surface area contributed by atoms with Gasteiger partial charge in [-0.05, 0) is 35.0 Å². The standard InChI is InChI=1S/C7H5BrNO2/c1-5-2-3-6(8)4-7(5)9(10)11/h2,4H,1H3. The fourth-order valence-electron chi connectivity index (χ4n) is 0.723. The van der Waals surface area contributed by atoms with Crippen molar-refractivity contribution in [3.05, 3.63) is 38.3 Å². The van der Waals surface area contributed by atoms with Crippen molar-refractivity contribution >= 4 is 21.6 Å². The zero-order chi connectivity index (χ0) is 8.43. The van der Waals surface area contributed by atoms with Crippen molar-refractivity contribution in [1.82, 2.24) is 0 Å². The normalized spacial score (nSPS) is 9.64. The summed E-state index contributed by atoms with van der Waals surface area (Å²) in [7, 11) is 0. The zero-order valence-corrected chi connectivity index (χ0v) is 7.38. The highest BCUT2D eigenvalue weighted by Crippen LogP contribution is 2.21. The smallest absolute Gasteiger partial charge is 0.258 e. The van der Waals surface area contributed by atoms with E-state index in [1.54, 1.807) is 13.0 Å². The van der Waals surface area contributed by atoms with Crippen molar-refractivity contribution in [2.75, 3.05) is 0 Å². The molecule has 0 saturated heterocycles. The lowest BCUT2D eigenvalue weighted by Gasteiger charge is -1.95. The summed E-state index contributed by atoms with van der Waals surface area (Å²) in [6.45, 7) is 1.68. The van der Waals surface area contributed by atoms with E-state index in [0.717, 1.165) is 0 Å². The molecule has 0 amide bonds. The average molecular weight is 215 g/mol. The molecule has 1 rings (SSSR count). The fraction of sp³-hybridized carbons (Fsp3) is 0.143. The summed E-state index contributed by atoms with van der Waals surface area (Å²) in [5, 5.41) is 10.3. The van der Waals surface area contributed by atoms with Crippen LogP contribution in [0.3, 0.4) is 0 Å². The van der Waals surface area contributed by atoms with E-state index < -0.39 is 4.92 Å². The molecule has 1 aromatic carbocycles. The van der Waals surface area contributed by atoms with Crippen LogP contribution >= 0.6 is 15.9 Å². The lowest BCUT2D eigenvalue weighted by molar-refractivity contribution is -0.385. The first-order valence-corrected chi connectivity index (χ1v) is 3.73. The number of nitrogens with zero attached hydrogens (tertiary/aromatic N) is 1. The van der Waals surface area contributed by atoms with Gasteiger partial charge in [-0.15, -0.1) is 0 Å². The third-order valence-corrected chi connectivity index (χ3v) is 1.75. The lowest BCUT2D eigenvalue weighted by atomic mass is 10.2. The van der Waals surface area contributed by atoms with Crippen LogP contribution in [0.1, 0.15) is 5.56 Å². The van der Waals surface area contributed by atoms with Gasteiger partial charge >= 0.3 is 0 Å². The first-order valence-electron chi connectivity index (χ1n) is 2.93. The maximum atomic E-state index is 10.3. The summed E-state index contributed by atoms with van der Waals surface area (Å²) in [5.74, 6) is 0. The van der Waals surface area contributed by atoms with E-state index in [-0.39, 0.29) is 5.69 Å². The molecular formula is C7H5BrNO2. The lowest BCUT2D eigenvalue weighted by Crippen LogP contribution is -1.90. The maximum Gasteiger partial charge on any atom is 0.273 e. The minimum absolute atomic E-state index is 0.121. The molecule has 4 heteroatoms. The van der Waals surface area contributed by atoms with Crippen LogP contribution in [0.2, 0.25) is 0 Å². The quantitative estimate of drug-likeness (QED) is 0.533. The van der Waals surface area contributed by atoms with Crippen molar-refractivity contribution in [2.24, 2.45) is 0 Å². The molecule has 0 unspecified atom stereocenters. The molecule has 0 N–H and O–H groups in total. The Morgan fingerprint density at radius 1 is 1.73 bits per heavy atom. The first kappa shape index (κ1) is 8.20. The third kappa shape index (κ3) is 1.77. The number of aryl methyl sites for hydroxylation is 1. The van der Waals surface area contributed by atoms with Gasteiger partial charge in [0.15, 0.2) is 0 Å². The van der Waals surface area contributed by atoms with Crippen molar-refractivity contribution in [2.45, 2.75) is 6.92 Å². The predicted octanol–water partition coefficient (Wildman–Crippen LogP) is 2.47. The molecule has 0 saturated carbocycles. The third-order valence-electron chi connectivity index (χ3n) is 1.29. The highest BCUT2D eigenvalue weighted by Gasteiger charge is 2.09. The molecule has 0 bridgehead atoms. The van der Waals surface area contributed by atoms with Crippen LogP contribution in [0, 0.1) is 23.1 Å².